The molecule has 0 aromatic heterocycles. The fourth-order valence-corrected chi connectivity index (χ4v) is 4.74. The number of fused-ring (bicyclic) bond motifs is 1. The molecule has 0 radical (unpaired) electrons. The number of ether oxygens (including phenoxy) is 2. The van der Waals surface area contributed by atoms with Crippen molar-refractivity contribution < 1.29 is 27.5 Å². The number of nitrogens with one attached hydrogen (secondary N) is 1. The molecule has 0 aliphatic carbocycles. The van der Waals surface area contributed by atoms with Gasteiger partial charge in [-0.05, 0) is 44.4 Å². The number of amides is 2. The van der Waals surface area contributed by atoms with Crippen molar-refractivity contribution in [3.63, 3.8) is 0 Å². The van der Waals surface area contributed by atoms with E-state index in [9.17, 15) is 18.0 Å². The summed E-state index contributed by atoms with van der Waals surface area (Å²) in [6.45, 7) is 9.34. The zero-order chi connectivity index (χ0) is 26.5. The van der Waals surface area contributed by atoms with E-state index in [1.807, 2.05) is 45.0 Å². The van der Waals surface area contributed by atoms with Gasteiger partial charge in [0, 0.05) is 19.2 Å². The Morgan fingerprint density at radius 2 is 1.69 bits per heavy atom. The quantitative estimate of drug-likeness (QED) is 0.491. The predicted octanol–water partition coefficient (Wildman–Crippen LogP) is 3.07. The summed E-state index contributed by atoms with van der Waals surface area (Å²) in [5.41, 5.74) is 2.20. The highest BCUT2D eigenvalue weighted by atomic mass is 32.2. The second kappa shape index (κ2) is 11.6. The monoisotopic (exact) mass is 517 g/mol. The molecule has 9 nitrogen and oxygen atoms in total. The van der Waals surface area contributed by atoms with E-state index >= 15 is 0 Å². The normalized spacial score (nSPS) is 13.4. The Bertz CT molecular complexity index is 1180. The molecule has 1 heterocycles. The van der Waals surface area contributed by atoms with Crippen molar-refractivity contribution in [2.24, 2.45) is 5.92 Å². The van der Waals surface area contributed by atoms with Crippen molar-refractivity contribution in [3.05, 3.63) is 53.6 Å². The highest BCUT2D eigenvalue weighted by Gasteiger charge is 2.31. The van der Waals surface area contributed by atoms with Gasteiger partial charge in [0.05, 0.1) is 11.4 Å². The summed E-state index contributed by atoms with van der Waals surface area (Å²) in [6, 6.07) is 11.6. The lowest BCUT2D eigenvalue weighted by Crippen LogP contribution is -2.51. The lowest BCUT2D eigenvalue weighted by atomic mass is 10.1. The zero-order valence-electron chi connectivity index (χ0n) is 21.5. The maximum absolute atomic E-state index is 13.7. The maximum Gasteiger partial charge on any atom is 0.244 e. The van der Waals surface area contributed by atoms with Crippen LogP contribution in [0, 0.1) is 12.8 Å². The molecule has 196 valence electrons. The van der Waals surface area contributed by atoms with Gasteiger partial charge in [0.25, 0.3) is 0 Å². The van der Waals surface area contributed by atoms with Crippen LogP contribution in [0.25, 0.3) is 0 Å². The summed E-state index contributed by atoms with van der Waals surface area (Å²) in [5, 5.41) is 2.87. The van der Waals surface area contributed by atoms with E-state index in [0.29, 0.717) is 23.7 Å². The van der Waals surface area contributed by atoms with Gasteiger partial charge < -0.3 is 19.7 Å². The summed E-state index contributed by atoms with van der Waals surface area (Å²) in [5.74, 6) is 0.190. The van der Waals surface area contributed by atoms with Crippen LogP contribution in [0.2, 0.25) is 0 Å². The molecule has 2 aromatic rings. The Kier molecular flexibility index (Phi) is 8.84. The molecule has 0 fully saturated rings. The minimum absolute atomic E-state index is 0.0472. The fraction of sp³-hybridized carbons (Fsp3) is 0.462. The number of anilines is 1. The van der Waals surface area contributed by atoms with Crippen molar-refractivity contribution in [2.75, 3.05) is 29.9 Å². The van der Waals surface area contributed by atoms with Crippen LogP contribution in [0.5, 0.6) is 11.5 Å². The third-order valence-corrected chi connectivity index (χ3v) is 7.69. The molecule has 3 rings (SSSR count). The van der Waals surface area contributed by atoms with Crippen molar-refractivity contribution in [2.45, 2.75) is 47.2 Å². The van der Waals surface area contributed by atoms with Crippen LogP contribution >= 0.6 is 0 Å². The summed E-state index contributed by atoms with van der Waals surface area (Å²) < 4.78 is 37.9. The van der Waals surface area contributed by atoms with Gasteiger partial charge in [0.1, 0.15) is 12.6 Å². The molecule has 0 bridgehead atoms. The first-order chi connectivity index (χ1) is 17.0. The third kappa shape index (κ3) is 6.69. The lowest BCUT2D eigenvalue weighted by Gasteiger charge is -2.32. The lowest BCUT2D eigenvalue weighted by molar-refractivity contribution is -0.139. The highest BCUT2D eigenvalue weighted by molar-refractivity contribution is 7.92. The van der Waals surface area contributed by atoms with E-state index in [0.717, 1.165) is 15.4 Å². The van der Waals surface area contributed by atoms with Gasteiger partial charge in [-0.2, -0.15) is 0 Å². The molecule has 1 N–H and O–H groups in total. The molecular weight excluding hydrogens is 482 g/mol. The average Bonchev–Trinajstić information content (AvgIpc) is 3.32. The number of hydrogen-bond donors (Lipinski definition) is 1. The summed E-state index contributed by atoms with van der Waals surface area (Å²) in [6.07, 6.45) is 0. The number of carbonyl (C=O) groups is 2. The highest BCUT2D eigenvalue weighted by Crippen LogP contribution is 2.36. The van der Waals surface area contributed by atoms with Crippen LogP contribution in [-0.2, 0) is 26.2 Å². The molecule has 0 saturated heterocycles. The maximum atomic E-state index is 13.7. The van der Waals surface area contributed by atoms with Gasteiger partial charge in [-0.25, -0.2) is 8.42 Å². The van der Waals surface area contributed by atoms with Crippen LogP contribution in [0.4, 0.5) is 5.69 Å². The number of carbonyl (C=O) groups excluding carboxylic acids is 2. The molecule has 0 saturated carbocycles. The van der Waals surface area contributed by atoms with E-state index in [2.05, 4.69) is 5.32 Å². The summed E-state index contributed by atoms with van der Waals surface area (Å²) in [7, 11) is -3.82. The molecule has 1 aliphatic rings. The predicted molar refractivity (Wildman–Crippen MR) is 138 cm³/mol. The minimum atomic E-state index is -3.82. The average molecular weight is 518 g/mol. The van der Waals surface area contributed by atoms with Crippen LogP contribution in [0.3, 0.4) is 0 Å². The Morgan fingerprint density at radius 3 is 2.33 bits per heavy atom. The first-order valence-electron chi connectivity index (χ1n) is 12.0. The smallest absolute Gasteiger partial charge is 0.244 e. The fourth-order valence-electron chi connectivity index (χ4n) is 3.69. The summed E-state index contributed by atoms with van der Waals surface area (Å²) >= 11 is 0. The second-order valence-electron chi connectivity index (χ2n) is 9.27. The molecule has 1 atom stereocenters. The Balaban J connectivity index is 1.91. The van der Waals surface area contributed by atoms with E-state index in [-0.39, 0.29) is 30.9 Å². The molecule has 36 heavy (non-hydrogen) atoms. The Hall–Kier alpha value is -3.27. The van der Waals surface area contributed by atoms with Gasteiger partial charge in [0.2, 0.25) is 28.6 Å². The molecule has 2 aromatic carbocycles. The van der Waals surface area contributed by atoms with E-state index in [4.69, 9.17) is 9.47 Å². The SMILES string of the molecule is CCS(=O)(=O)N(CC(=O)N(Cc1ccc(C)cc1)[C@@H](C)C(=O)NCC(C)C)c1ccc2c(c1)OCO2. The van der Waals surface area contributed by atoms with Crippen molar-refractivity contribution >= 4 is 27.5 Å². The number of hydrogen-bond acceptors (Lipinski definition) is 6. The first-order valence-corrected chi connectivity index (χ1v) is 13.7. The summed E-state index contributed by atoms with van der Waals surface area (Å²) in [4.78, 5) is 28.0. The van der Waals surface area contributed by atoms with Gasteiger partial charge >= 0.3 is 0 Å². The van der Waals surface area contributed by atoms with Crippen LogP contribution in [0.1, 0.15) is 38.8 Å². The van der Waals surface area contributed by atoms with Crippen LogP contribution in [0.15, 0.2) is 42.5 Å². The van der Waals surface area contributed by atoms with Crippen LogP contribution in [-0.4, -0.2) is 56.8 Å². The third-order valence-electron chi connectivity index (χ3n) is 5.95. The Labute approximate surface area is 213 Å². The van der Waals surface area contributed by atoms with E-state index < -0.39 is 28.5 Å². The van der Waals surface area contributed by atoms with Gasteiger partial charge in [-0.1, -0.05) is 43.7 Å². The number of sulfonamides is 1. The van der Waals surface area contributed by atoms with Gasteiger partial charge in [-0.3, -0.25) is 13.9 Å². The molecule has 2 amide bonds. The van der Waals surface area contributed by atoms with Crippen molar-refractivity contribution in [1.29, 1.82) is 0 Å². The van der Waals surface area contributed by atoms with Crippen molar-refractivity contribution in [3.8, 4) is 11.5 Å². The topological polar surface area (TPSA) is 105 Å². The number of aryl methyl sites for hydroxylation is 1. The largest absolute Gasteiger partial charge is 0.454 e. The minimum Gasteiger partial charge on any atom is -0.454 e. The molecule has 0 unspecified atom stereocenters. The zero-order valence-corrected chi connectivity index (χ0v) is 22.3. The van der Waals surface area contributed by atoms with Gasteiger partial charge in [0.15, 0.2) is 11.5 Å². The molecule has 1 aliphatic heterocycles. The first kappa shape index (κ1) is 27.3. The molecular formula is C26H35N3O6S. The molecule has 0 spiro atoms. The number of nitrogens with zero attached hydrogens (tertiary/aromatic N) is 2. The van der Waals surface area contributed by atoms with E-state index in [1.54, 1.807) is 25.1 Å². The van der Waals surface area contributed by atoms with E-state index in [1.165, 1.54) is 11.8 Å². The number of rotatable bonds is 11. The second-order valence-corrected chi connectivity index (χ2v) is 11.4. The van der Waals surface area contributed by atoms with Gasteiger partial charge in [-0.15, -0.1) is 0 Å². The van der Waals surface area contributed by atoms with Crippen LogP contribution < -0.4 is 19.1 Å². The number of benzene rings is 2. The van der Waals surface area contributed by atoms with Crippen molar-refractivity contribution in [1.82, 2.24) is 10.2 Å². The molecule has 10 heteroatoms. The standard InChI is InChI=1S/C26H35N3O6S/c1-6-36(32,33)29(22-11-12-23-24(13-22)35-17-34-23)16-25(30)28(15-21-9-7-19(4)8-10-21)20(5)26(31)27-14-18(2)3/h7-13,18,20H,6,14-17H2,1-5H3,(H,27,31)/t20-/m0/s1. The Morgan fingerprint density at radius 1 is 1.03 bits per heavy atom.